The van der Waals surface area contributed by atoms with Gasteiger partial charge in [0, 0.05) is 12.1 Å². The van der Waals surface area contributed by atoms with Crippen LogP contribution in [0.5, 0.6) is 5.75 Å². The topological polar surface area (TPSA) is 49.3 Å². The second-order valence-electron chi connectivity index (χ2n) is 4.49. The third-order valence-corrected chi connectivity index (χ3v) is 3.03. The summed E-state index contributed by atoms with van der Waals surface area (Å²) in [6.07, 6.45) is 0.748. The van der Waals surface area contributed by atoms with Crippen molar-refractivity contribution in [1.29, 1.82) is 0 Å². The summed E-state index contributed by atoms with van der Waals surface area (Å²) in [7, 11) is 0. The summed E-state index contributed by atoms with van der Waals surface area (Å²) in [5.41, 5.74) is 2.78. The molecule has 2 aromatic carbocycles. The lowest BCUT2D eigenvalue weighted by Crippen LogP contribution is -2.26. The molecule has 0 aromatic heterocycles. The van der Waals surface area contributed by atoms with Gasteiger partial charge in [0.1, 0.15) is 5.75 Å². The Labute approximate surface area is 112 Å². The number of rotatable bonds is 4. The molecule has 3 heteroatoms. The van der Waals surface area contributed by atoms with E-state index in [1.807, 2.05) is 43.3 Å². The van der Waals surface area contributed by atoms with Gasteiger partial charge in [-0.3, -0.25) is 4.79 Å². The van der Waals surface area contributed by atoms with E-state index in [9.17, 15) is 9.90 Å². The summed E-state index contributed by atoms with van der Waals surface area (Å²) >= 11 is 0. The second-order valence-corrected chi connectivity index (χ2v) is 4.49. The number of aryl methyl sites for hydroxylation is 1. The number of carbonyl (C=O) groups excluding carboxylic acids is 1. The van der Waals surface area contributed by atoms with E-state index in [2.05, 4.69) is 5.32 Å². The molecule has 0 aliphatic rings. The summed E-state index contributed by atoms with van der Waals surface area (Å²) in [5.74, 6) is 0.213. The summed E-state index contributed by atoms with van der Waals surface area (Å²) < 4.78 is 0. The van der Waals surface area contributed by atoms with Crippen LogP contribution in [0.4, 0.5) is 0 Å². The minimum Gasteiger partial charge on any atom is -0.508 e. The third kappa shape index (κ3) is 3.58. The molecule has 1 amide bonds. The lowest BCUT2D eigenvalue weighted by atomic mass is 10.1. The highest BCUT2D eigenvalue weighted by atomic mass is 16.3. The van der Waals surface area contributed by atoms with E-state index in [-0.39, 0.29) is 11.7 Å². The molecule has 0 saturated heterocycles. The van der Waals surface area contributed by atoms with Gasteiger partial charge < -0.3 is 10.4 Å². The summed E-state index contributed by atoms with van der Waals surface area (Å²) in [4.78, 5) is 12.0. The molecule has 0 fully saturated rings. The smallest absolute Gasteiger partial charge is 0.251 e. The van der Waals surface area contributed by atoms with Gasteiger partial charge in [0.2, 0.25) is 0 Å². The van der Waals surface area contributed by atoms with Gasteiger partial charge in [0.15, 0.2) is 0 Å². The number of benzene rings is 2. The number of hydrogen-bond donors (Lipinski definition) is 2. The van der Waals surface area contributed by atoms with Crippen molar-refractivity contribution < 1.29 is 9.90 Å². The number of aromatic hydroxyl groups is 1. The Bertz CT molecular complexity index is 561. The first-order valence-electron chi connectivity index (χ1n) is 6.28. The molecule has 0 bridgehead atoms. The lowest BCUT2D eigenvalue weighted by Gasteiger charge is -2.07. The molecule has 2 rings (SSSR count). The van der Waals surface area contributed by atoms with Gasteiger partial charge in [0.05, 0.1) is 0 Å². The van der Waals surface area contributed by atoms with E-state index in [0.29, 0.717) is 12.1 Å². The van der Waals surface area contributed by atoms with Crippen LogP contribution in [0.3, 0.4) is 0 Å². The quantitative estimate of drug-likeness (QED) is 0.882. The molecule has 19 heavy (non-hydrogen) atoms. The summed E-state index contributed by atoms with van der Waals surface area (Å²) in [6.45, 7) is 2.51. The molecule has 0 unspecified atom stereocenters. The van der Waals surface area contributed by atoms with E-state index in [1.54, 1.807) is 12.1 Å². The molecule has 2 aromatic rings. The molecule has 0 heterocycles. The van der Waals surface area contributed by atoms with Crippen LogP contribution in [0.15, 0.2) is 48.5 Å². The normalized spacial score (nSPS) is 10.2. The number of phenolic OH excluding ortho intramolecular Hbond substituents is 1. The van der Waals surface area contributed by atoms with Gasteiger partial charge in [-0.2, -0.15) is 0 Å². The fraction of sp³-hybridized carbons (Fsp3) is 0.188. The zero-order valence-corrected chi connectivity index (χ0v) is 10.9. The van der Waals surface area contributed by atoms with Crippen LogP contribution in [0.2, 0.25) is 0 Å². The Hall–Kier alpha value is -2.29. The third-order valence-electron chi connectivity index (χ3n) is 3.03. The van der Waals surface area contributed by atoms with E-state index in [1.165, 1.54) is 0 Å². The van der Waals surface area contributed by atoms with Crippen LogP contribution in [0, 0.1) is 6.92 Å². The van der Waals surface area contributed by atoms with Gasteiger partial charge in [-0.05, 0) is 42.7 Å². The molecule has 0 saturated carbocycles. The Kier molecular flexibility index (Phi) is 4.18. The maximum absolute atomic E-state index is 12.0. The molecule has 3 nitrogen and oxygen atoms in total. The van der Waals surface area contributed by atoms with Gasteiger partial charge in [-0.1, -0.05) is 30.3 Å². The maximum Gasteiger partial charge on any atom is 0.251 e. The highest BCUT2D eigenvalue weighted by Crippen LogP contribution is 2.10. The van der Waals surface area contributed by atoms with Crippen LogP contribution in [0.25, 0.3) is 0 Å². The Morgan fingerprint density at radius 2 is 1.79 bits per heavy atom. The highest BCUT2D eigenvalue weighted by molar-refractivity contribution is 5.95. The van der Waals surface area contributed by atoms with Crippen LogP contribution < -0.4 is 5.32 Å². The Morgan fingerprint density at radius 3 is 2.47 bits per heavy atom. The van der Waals surface area contributed by atoms with Gasteiger partial charge in [0.25, 0.3) is 5.91 Å². The summed E-state index contributed by atoms with van der Waals surface area (Å²) in [6, 6.07) is 14.5. The van der Waals surface area contributed by atoms with Crippen molar-refractivity contribution in [1.82, 2.24) is 5.32 Å². The predicted molar refractivity (Wildman–Crippen MR) is 75.3 cm³/mol. The zero-order chi connectivity index (χ0) is 13.7. The first-order valence-corrected chi connectivity index (χ1v) is 6.28. The first kappa shape index (κ1) is 13.1. The first-order chi connectivity index (χ1) is 9.16. The zero-order valence-electron chi connectivity index (χ0n) is 10.9. The lowest BCUT2D eigenvalue weighted by molar-refractivity contribution is 0.0953. The van der Waals surface area contributed by atoms with Crippen molar-refractivity contribution in [2.24, 2.45) is 0 Å². The van der Waals surface area contributed by atoms with Crippen LogP contribution >= 0.6 is 0 Å². The molecule has 0 radical (unpaired) electrons. The van der Waals surface area contributed by atoms with E-state index in [4.69, 9.17) is 0 Å². The SMILES string of the molecule is Cc1ccccc1C(=O)NCCc1ccc(O)cc1. The molecule has 0 atom stereocenters. The van der Waals surface area contributed by atoms with Crippen LogP contribution in [0.1, 0.15) is 21.5 Å². The fourth-order valence-corrected chi connectivity index (χ4v) is 1.91. The average molecular weight is 255 g/mol. The van der Waals surface area contributed by atoms with Crippen molar-refractivity contribution in [2.75, 3.05) is 6.54 Å². The highest BCUT2D eigenvalue weighted by Gasteiger charge is 2.06. The number of nitrogens with one attached hydrogen (secondary N) is 1. The summed E-state index contributed by atoms with van der Waals surface area (Å²) in [5, 5.41) is 12.1. The van der Waals surface area contributed by atoms with Crippen molar-refractivity contribution in [3.8, 4) is 5.75 Å². The number of phenols is 1. The van der Waals surface area contributed by atoms with Gasteiger partial charge in [-0.15, -0.1) is 0 Å². The Balaban J connectivity index is 1.88. The fourth-order valence-electron chi connectivity index (χ4n) is 1.91. The van der Waals surface area contributed by atoms with Crippen molar-refractivity contribution in [3.63, 3.8) is 0 Å². The second kappa shape index (κ2) is 6.05. The van der Waals surface area contributed by atoms with Crippen LogP contribution in [-0.2, 0) is 6.42 Å². The predicted octanol–water partition coefficient (Wildman–Crippen LogP) is 2.67. The standard InChI is InChI=1S/C16H17NO2/c1-12-4-2-3-5-15(12)16(19)17-11-10-13-6-8-14(18)9-7-13/h2-9,18H,10-11H2,1H3,(H,17,19). The van der Waals surface area contributed by atoms with Crippen LogP contribution in [-0.4, -0.2) is 17.6 Å². The monoisotopic (exact) mass is 255 g/mol. The van der Waals surface area contributed by atoms with Gasteiger partial charge in [-0.25, -0.2) is 0 Å². The van der Waals surface area contributed by atoms with E-state index >= 15 is 0 Å². The number of carbonyl (C=O) groups is 1. The maximum atomic E-state index is 12.0. The molecule has 0 spiro atoms. The van der Waals surface area contributed by atoms with Crippen molar-refractivity contribution in [2.45, 2.75) is 13.3 Å². The van der Waals surface area contributed by atoms with E-state index in [0.717, 1.165) is 17.5 Å². The number of amides is 1. The van der Waals surface area contributed by atoms with Crippen molar-refractivity contribution >= 4 is 5.91 Å². The average Bonchev–Trinajstić information content (AvgIpc) is 2.41. The molecular weight excluding hydrogens is 238 g/mol. The molecule has 0 aliphatic heterocycles. The molecule has 0 aliphatic carbocycles. The molecule has 98 valence electrons. The Morgan fingerprint density at radius 1 is 1.11 bits per heavy atom. The minimum atomic E-state index is -0.0446. The number of hydrogen-bond acceptors (Lipinski definition) is 2. The molecular formula is C16H17NO2. The minimum absolute atomic E-state index is 0.0446. The van der Waals surface area contributed by atoms with Crippen molar-refractivity contribution in [3.05, 3.63) is 65.2 Å². The van der Waals surface area contributed by atoms with Gasteiger partial charge >= 0.3 is 0 Å². The molecule has 2 N–H and O–H groups in total. The van der Waals surface area contributed by atoms with E-state index < -0.39 is 0 Å². The largest absolute Gasteiger partial charge is 0.508 e.